The number of amides is 3. The number of cyclic esters (lactones) is 1. The summed E-state index contributed by atoms with van der Waals surface area (Å²) in [5.74, 6) is 1.44. The number of unbranched alkanes of at least 4 members (excludes halogenated alkanes) is 3. The van der Waals surface area contributed by atoms with Gasteiger partial charge in [0.15, 0.2) is 23.0 Å². The van der Waals surface area contributed by atoms with Gasteiger partial charge in [-0.05, 0) is 66.6 Å². The van der Waals surface area contributed by atoms with E-state index in [4.69, 9.17) is 33.2 Å². The van der Waals surface area contributed by atoms with E-state index < -0.39 is 17.9 Å². The Morgan fingerprint density at radius 3 is 2.44 bits per heavy atom. The average molecular weight is 835 g/mol. The van der Waals surface area contributed by atoms with Crippen LogP contribution in [-0.4, -0.2) is 103 Å². The van der Waals surface area contributed by atoms with Crippen LogP contribution in [0.3, 0.4) is 0 Å². The van der Waals surface area contributed by atoms with Crippen molar-refractivity contribution in [2.75, 3.05) is 47.0 Å². The summed E-state index contributed by atoms with van der Waals surface area (Å²) in [6.45, 7) is 0.745. The van der Waals surface area contributed by atoms with Crippen molar-refractivity contribution in [1.29, 1.82) is 0 Å². The highest BCUT2D eigenvalue weighted by Gasteiger charge is 2.54. The first kappa shape index (κ1) is 40.4. The molecule has 0 radical (unpaired) electrons. The Morgan fingerprint density at radius 1 is 0.915 bits per heavy atom. The summed E-state index contributed by atoms with van der Waals surface area (Å²) in [6.07, 6.45) is 7.37. The van der Waals surface area contributed by atoms with E-state index in [1.165, 1.54) is 7.11 Å². The maximum atomic E-state index is 13.6. The predicted octanol–water partition coefficient (Wildman–Crippen LogP) is 4.00. The van der Waals surface area contributed by atoms with Crippen LogP contribution in [0.25, 0.3) is 0 Å². The Labute approximate surface area is 345 Å². The quantitative estimate of drug-likeness (QED) is 0.0944. The summed E-state index contributed by atoms with van der Waals surface area (Å²) in [7, 11) is 4.64. The molecule has 0 saturated carbocycles. The van der Waals surface area contributed by atoms with Crippen LogP contribution in [0.15, 0.2) is 30.5 Å². The van der Waals surface area contributed by atoms with E-state index in [2.05, 4.69) is 26.3 Å². The molecule has 3 N–H and O–H groups in total. The number of carbonyl (C=O) groups is 4. The minimum absolute atomic E-state index is 0.0363. The molecular formula is C41H50N6O11S. The lowest BCUT2D eigenvalue weighted by atomic mass is 9.65. The third-order valence-electron chi connectivity index (χ3n) is 11.9. The second-order valence-electron chi connectivity index (χ2n) is 15.4. The predicted molar refractivity (Wildman–Crippen MR) is 212 cm³/mol. The Balaban J connectivity index is 0.836. The maximum Gasteiger partial charge on any atom is 0.315 e. The van der Waals surface area contributed by atoms with Crippen molar-refractivity contribution in [2.45, 2.75) is 87.3 Å². The molecule has 4 aliphatic heterocycles. The number of thioether (sulfide) groups is 1. The van der Waals surface area contributed by atoms with E-state index in [1.807, 2.05) is 36.0 Å². The van der Waals surface area contributed by atoms with Crippen molar-refractivity contribution in [1.82, 2.24) is 30.9 Å². The second kappa shape index (κ2) is 17.8. The number of methoxy groups -OCH3 is 3. The number of nitrogens with one attached hydrogen (secondary N) is 3. The van der Waals surface area contributed by atoms with Gasteiger partial charge in [0.05, 0.1) is 58.2 Å². The molecule has 59 heavy (non-hydrogen) atoms. The maximum absolute atomic E-state index is 13.6. The van der Waals surface area contributed by atoms with Crippen LogP contribution >= 0.6 is 11.8 Å². The molecule has 5 aliphatic rings. The number of ether oxygens (including phenoxy) is 7. The summed E-state index contributed by atoms with van der Waals surface area (Å²) in [5, 5.41) is 18.1. The van der Waals surface area contributed by atoms with E-state index >= 15 is 0 Å². The summed E-state index contributed by atoms with van der Waals surface area (Å²) >= 11 is 1.89. The molecule has 8 rings (SSSR count). The molecule has 1 aromatic heterocycles. The molecule has 0 bridgehead atoms. The van der Waals surface area contributed by atoms with Crippen molar-refractivity contribution in [3.8, 4) is 28.7 Å². The van der Waals surface area contributed by atoms with E-state index in [0.717, 1.165) is 54.5 Å². The monoisotopic (exact) mass is 834 g/mol. The molecular weight excluding hydrogens is 785 g/mol. The first-order valence-electron chi connectivity index (χ1n) is 20.2. The molecule has 0 spiro atoms. The fourth-order valence-corrected chi connectivity index (χ4v) is 10.6. The van der Waals surface area contributed by atoms with E-state index in [9.17, 15) is 19.2 Å². The lowest BCUT2D eigenvalue weighted by molar-refractivity contribution is -0.145. The van der Waals surface area contributed by atoms with Gasteiger partial charge in [-0.2, -0.15) is 11.8 Å². The molecule has 17 nitrogen and oxygen atoms in total. The van der Waals surface area contributed by atoms with Gasteiger partial charge in [0.25, 0.3) is 0 Å². The fourth-order valence-electron chi connectivity index (χ4n) is 9.06. The Morgan fingerprint density at radius 2 is 1.68 bits per heavy atom. The summed E-state index contributed by atoms with van der Waals surface area (Å²) in [6, 6.07) is 7.44. The Kier molecular flexibility index (Phi) is 12.2. The zero-order chi connectivity index (χ0) is 41.0. The van der Waals surface area contributed by atoms with Crippen LogP contribution in [0.5, 0.6) is 28.7 Å². The van der Waals surface area contributed by atoms with Crippen molar-refractivity contribution in [3.05, 3.63) is 52.8 Å². The highest BCUT2D eigenvalue weighted by atomic mass is 32.2. The number of fused-ring (bicyclic) bond motifs is 4. The van der Waals surface area contributed by atoms with Crippen molar-refractivity contribution in [3.63, 3.8) is 0 Å². The molecule has 3 amide bonds. The molecule has 316 valence electrons. The topological polar surface area (TPSA) is 200 Å². The highest BCUT2D eigenvalue weighted by molar-refractivity contribution is 8.00. The lowest BCUT2D eigenvalue weighted by Gasteiger charge is -2.39. The summed E-state index contributed by atoms with van der Waals surface area (Å²) in [4.78, 5) is 50.2. The van der Waals surface area contributed by atoms with Crippen molar-refractivity contribution >= 4 is 35.6 Å². The number of hydrogen-bond donors (Lipinski definition) is 3. The molecule has 3 saturated heterocycles. The van der Waals surface area contributed by atoms with Gasteiger partial charge in [-0.3, -0.25) is 14.4 Å². The molecule has 1 aliphatic carbocycles. The number of carbonyl (C=O) groups excluding carboxylic acids is 4. The molecule has 3 fully saturated rings. The van der Waals surface area contributed by atoms with Crippen LogP contribution in [0.2, 0.25) is 0 Å². The third kappa shape index (κ3) is 8.41. The van der Waals surface area contributed by atoms with Crippen LogP contribution in [0.1, 0.15) is 85.7 Å². The molecule has 7 atom stereocenters. The van der Waals surface area contributed by atoms with E-state index in [1.54, 1.807) is 25.1 Å². The Hall–Kier alpha value is -5.39. The largest absolute Gasteiger partial charge is 0.493 e. The summed E-state index contributed by atoms with van der Waals surface area (Å²) < 4.78 is 41.5. The average Bonchev–Trinajstić information content (AvgIpc) is 4.09. The summed E-state index contributed by atoms with van der Waals surface area (Å²) in [5.41, 5.74) is 2.95. The molecule has 3 aromatic rings. The molecule has 0 unspecified atom stereocenters. The first-order chi connectivity index (χ1) is 28.8. The van der Waals surface area contributed by atoms with Crippen LogP contribution in [-0.2, 0) is 30.5 Å². The second-order valence-corrected chi connectivity index (χ2v) is 16.7. The molecule has 2 aromatic carbocycles. The fraction of sp³-hybridized carbons (Fsp3) is 0.561. The molecule has 18 heteroatoms. The smallest absolute Gasteiger partial charge is 0.315 e. The van der Waals surface area contributed by atoms with E-state index in [0.29, 0.717) is 59.1 Å². The minimum Gasteiger partial charge on any atom is -0.493 e. The number of aromatic nitrogens is 3. The van der Waals surface area contributed by atoms with Gasteiger partial charge in [-0.15, -0.1) is 5.10 Å². The number of nitrogens with zero attached hydrogens (tertiary/aromatic N) is 3. The van der Waals surface area contributed by atoms with Crippen molar-refractivity contribution in [2.24, 2.45) is 11.8 Å². The lowest BCUT2D eigenvalue weighted by Crippen LogP contribution is -2.37. The van der Waals surface area contributed by atoms with Crippen molar-refractivity contribution < 1.29 is 52.3 Å². The van der Waals surface area contributed by atoms with Gasteiger partial charge in [0.1, 0.15) is 12.3 Å². The van der Waals surface area contributed by atoms with Gasteiger partial charge in [0, 0.05) is 42.2 Å². The normalized spacial score (nSPS) is 24.6. The van der Waals surface area contributed by atoms with Crippen LogP contribution in [0.4, 0.5) is 4.79 Å². The van der Waals surface area contributed by atoms with Gasteiger partial charge in [-0.1, -0.05) is 18.1 Å². The zero-order valence-corrected chi connectivity index (χ0v) is 34.2. The number of hydrogen-bond acceptors (Lipinski definition) is 14. The number of esters is 2. The molecule has 5 heterocycles. The van der Waals surface area contributed by atoms with Gasteiger partial charge in [0.2, 0.25) is 18.4 Å². The van der Waals surface area contributed by atoms with E-state index in [-0.39, 0.29) is 68.3 Å². The van der Waals surface area contributed by atoms with Crippen LogP contribution in [0, 0.1) is 11.8 Å². The minimum atomic E-state index is -0.592. The van der Waals surface area contributed by atoms with Gasteiger partial charge >= 0.3 is 18.0 Å². The number of rotatable bonds is 18. The Bertz CT molecular complexity index is 2040. The van der Waals surface area contributed by atoms with Gasteiger partial charge < -0.3 is 49.1 Å². The third-order valence-corrected chi connectivity index (χ3v) is 13.4. The zero-order valence-electron chi connectivity index (χ0n) is 33.4. The first-order valence-corrected chi connectivity index (χ1v) is 21.2. The number of benzene rings is 2. The number of urea groups is 1. The van der Waals surface area contributed by atoms with Gasteiger partial charge in [-0.25, -0.2) is 9.48 Å². The standard InChI is InChI=1S/C41H50N6O11S/c1-52-30-13-22(14-31(53-2)39(30)54-3)35-24-15-28-29(58-21-57-28)16-25(24)38(26-19-56-40(50)36(26)35)47-17-23(45-46-47)18-55-34(49)11-5-4-8-12-42-33(48)10-7-6-9-32-37-27(20-59-32)43-41(51)44-37/h13-17,26-27,32,35-38H,4-12,18-21H2,1-3H3,(H,42,48)(H2,43,44,51)/t26-,27+,32-,35+,36+,37+,38+/m0/s1. The highest BCUT2D eigenvalue weighted by Crippen LogP contribution is 2.56. The van der Waals surface area contributed by atoms with Crippen LogP contribution < -0.4 is 39.6 Å². The SMILES string of the molecule is COc1cc([C@@H]2c3cc4c(cc3[C@@H](n3cc(COC(=O)CCCCCNC(=O)CCCC[C@@H]5SC[C@H]6NC(=O)N[C@@H]56)nn3)[C@H]3COC(=O)[C@@H]23)OCO4)cc(OC)c1OC.